The standard InChI is InChI=1S/C16H21N5O2/c1-10(2)14-19-15(21-20-14)11-5-3-4-6-12(11)18-16(22)13-9-17-7-8-23-13/h3-6,10,13,17H,7-9H2,1-2H3,(H,18,22)(H,19,20,21). The maximum Gasteiger partial charge on any atom is 0.254 e. The molecule has 3 rings (SSSR count). The fraction of sp³-hybridized carbons (Fsp3) is 0.438. The van der Waals surface area contributed by atoms with Crippen LogP contribution in [0.15, 0.2) is 24.3 Å². The van der Waals surface area contributed by atoms with Crippen molar-refractivity contribution >= 4 is 11.6 Å². The number of carbonyl (C=O) groups excluding carboxylic acids is 1. The van der Waals surface area contributed by atoms with Crippen LogP contribution in [0.2, 0.25) is 0 Å². The molecule has 0 spiro atoms. The zero-order valence-corrected chi connectivity index (χ0v) is 13.3. The second kappa shape index (κ2) is 6.89. The van der Waals surface area contributed by atoms with Gasteiger partial charge in [0, 0.05) is 24.6 Å². The molecule has 3 N–H and O–H groups in total. The first-order valence-corrected chi connectivity index (χ1v) is 7.80. The van der Waals surface area contributed by atoms with Crippen molar-refractivity contribution in [1.29, 1.82) is 0 Å². The van der Waals surface area contributed by atoms with Crippen molar-refractivity contribution in [3.63, 3.8) is 0 Å². The van der Waals surface area contributed by atoms with Crippen molar-refractivity contribution in [2.75, 3.05) is 25.0 Å². The minimum Gasteiger partial charge on any atom is -0.366 e. The predicted octanol–water partition coefficient (Wildman–Crippen LogP) is 1.52. The third-order valence-electron chi connectivity index (χ3n) is 3.70. The Morgan fingerprint density at radius 2 is 2.22 bits per heavy atom. The number of nitrogens with one attached hydrogen (secondary N) is 3. The minimum absolute atomic E-state index is 0.163. The van der Waals surface area contributed by atoms with Gasteiger partial charge in [-0.2, -0.15) is 5.10 Å². The number of ether oxygens (including phenoxy) is 1. The third-order valence-corrected chi connectivity index (χ3v) is 3.70. The largest absolute Gasteiger partial charge is 0.366 e. The van der Waals surface area contributed by atoms with E-state index in [4.69, 9.17) is 4.74 Å². The Morgan fingerprint density at radius 1 is 1.39 bits per heavy atom. The number of rotatable bonds is 4. The molecule has 1 atom stereocenters. The van der Waals surface area contributed by atoms with Crippen LogP contribution in [0.1, 0.15) is 25.6 Å². The Kier molecular flexibility index (Phi) is 4.68. The molecule has 2 heterocycles. The molecule has 1 saturated heterocycles. The van der Waals surface area contributed by atoms with Crippen molar-refractivity contribution in [2.24, 2.45) is 0 Å². The Bertz CT molecular complexity index is 677. The number of H-pyrrole nitrogens is 1. The number of benzene rings is 1. The molecule has 1 fully saturated rings. The van der Waals surface area contributed by atoms with E-state index in [1.165, 1.54) is 0 Å². The average molecular weight is 315 g/mol. The van der Waals surface area contributed by atoms with Crippen LogP contribution in [0.3, 0.4) is 0 Å². The van der Waals surface area contributed by atoms with Crippen LogP contribution in [0.25, 0.3) is 11.4 Å². The van der Waals surface area contributed by atoms with Crippen LogP contribution in [0.4, 0.5) is 5.69 Å². The first kappa shape index (κ1) is 15.6. The topological polar surface area (TPSA) is 91.9 Å². The van der Waals surface area contributed by atoms with E-state index in [-0.39, 0.29) is 11.8 Å². The highest BCUT2D eigenvalue weighted by Gasteiger charge is 2.23. The average Bonchev–Trinajstić information content (AvgIpc) is 3.06. The molecule has 1 unspecified atom stereocenters. The number of nitrogens with zero attached hydrogens (tertiary/aromatic N) is 2. The molecule has 1 aromatic heterocycles. The predicted molar refractivity (Wildman–Crippen MR) is 87.1 cm³/mol. The summed E-state index contributed by atoms with van der Waals surface area (Å²) in [7, 11) is 0. The molecular formula is C16H21N5O2. The van der Waals surface area contributed by atoms with Gasteiger partial charge in [-0.25, -0.2) is 4.98 Å². The van der Waals surface area contributed by atoms with Crippen LogP contribution in [-0.2, 0) is 9.53 Å². The number of carbonyl (C=O) groups is 1. The van der Waals surface area contributed by atoms with Gasteiger partial charge in [0.1, 0.15) is 11.9 Å². The quantitative estimate of drug-likeness (QED) is 0.795. The summed E-state index contributed by atoms with van der Waals surface area (Å²) in [5, 5.41) is 13.3. The second-order valence-corrected chi connectivity index (χ2v) is 5.80. The number of para-hydroxylation sites is 1. The molecule has 1 amide bonds. The van der Waals surface area contributed by atoms with Crippen molar-refractivity contribution in [1.82, 2.24) is 20.5 Å². The van der Waals surface area contributed by atoms with E-state index in [0.29, 0.717) is 24.7 Å². The van der Waals surface area contributed by atoms with Crippen LogP contribution < -0.4 is 10.6 Å². The van der Waals surface area contributed by atoms with E-state index in [9.17, 15) is 4.79 Å². The lowest BCUT2D eigenvalue weighted by molar-refractivity contribution is -0.128. The lowest BCUT2D eigenvalue weighted by atomic mass is 10.1. The van der Waals surface area contributed by atoms with E-state index in [2.05, 4.69) is 25.8 Å². The van der Waals surface area contributed by atoms with Crippen LogP contribution in [-0.4, -0.2) is 46.9 Å². The highest BCUT2D eigenvalue weighted by molar-refractivity contribution is 5.97. The van der Waals surface area contributed by atoms with E-state index >= 15 is 0 Å². The van der Waals surface area contributed by atoms with Crippen molar-refractivity contribution in [3.05, 3.63) is 30.1 Å². The van der Waals surface area contributed by atoms with Gasteiger partial charge >= 0.3 is 0 Å². The number of morpholine rings is 1. The summed E-state index contributed by atoms with van der Waals surface area (Å²) in [5.41, 5.74) is 1.47. The van der Waals surface area contributed by atoms with Gasteiger partial charge in [-0.3, -0.25) is 9.89 Å². The maximum absolute atomic E-state index is 12.3. The Labute approximate surface area is 134 Å². The molecule has 7 heteroatoms. The summed E-state index contributed by atoms with van der Waals surface area (Å²) in [6, 6.07) is 7.50. The second-order valence-electron chi connectivity index (χ2n) is 5.80. The molecule has 7 nitrogen and oxygen atoms in total. The fourth-order valence-corrected chi connectivity index (χ4v) is 2.39. The molecule has 23 heavy (non-hydrogen) atoms. The van der Waals surface area contributed by atoms with Gasteiger partial charge in [-0.1, -0.05) is 26.0 Å². The van der Waals surface area contributed by atoms with Gasteiger partial charge in [-0.15, -0.1) is 0 Å². The van der Waals surface area contributed by atoms with E-state index in [1.807, 2.05) is 38.1 Å². The van der Waals surface area contributed by atoms with E-state index < -0.39 is 6.10 Å². The minimum atomic E-state index is -0.477. The maximum atomic E-state index is 12.3. The molecular weight excluding hydrogens is 294 g/mol. The summed E-state index contributed by atoms with van der Waals surface area (Å²) < 4.78 is 5.48. The first-order valence-electron chi connectivity index (χ1n) is 7.80. The van der Waals surface area contributed by atoms with Crippen LogP contribution in [0.5, 0.6) is 0 Å². The molecule has 1 aliphatic rings. The zero-order valence-electron chi connectivity index (χ0n) is 13.3. The van der Waals surface area contributed by atoms with Crippen molar-refractivity contribution < 1.29 is 9.53 Å². The van der Waals surface area contributed by atoms with Gasteiger partial charge in [0.15, 0.2) is 5.82 Å². The fourth-order valence-electron chi connectivity index (χ4n) is 2.39. The Balaban J connectivity index is 1.81. The lowest BCUT2D eigenvalue weighted by Crippen LogP contribution is -2.45. The molecule has 0 radical (unpaired) electrons. The molecule has 0 bridgehead atoms. The molecule has 1 aliphatic heterocycles. The number of aromatic nitrogens is 3. The van der Waals surface area contributed by atoms with E-state index in [0.717, 1.165) is 17.9 Å². The molecule has 1 aromatic carbocycles. The molecule has 2 aromatic rings. The highest BCUT2D eigenvalue weighted by Crippen LogP contribution is 2.26. The van der Waals surface area contributed by atoms with Gasteiger partial charge < -0.3 is 15.4 Å². The van der Waals surface area contributed by atoms with Crippen molar-refractivity contribution in [2.45, 2.75) is 25.9 Å². The lowest BCUT2D eigenvalue weighted by Gasteiger charge is -2.23. The van der Waals surface area contributed by atoms with Gasteiger partial charge in [0.05, 0.1) is 12.3 Å². The summed E-state index contributed by atoms with van der Waals surface area (Å²) in [6.07, 6.45) is -0.477. The summed E-state index contributed by atoms with van der Waals surface area (Å²) in [5.74, 6) is 1.50. The molecule has 0 aliphatic carbocycles. The Hall–Kier alpha value is -2.25. The van der Waals surface area contributed by atoms with Crippen molar-refractivity contribution in [3.8, 4) is 11.4 Å². The van der Waals surface area contributed by atoms with Gasteiger partial charge in [0.25, 0.3) is 5.91 Å². The zero-order chi connectivity index (χ0) is 16.2. The van der Waals surface area contributed by atoms with E-state index in [1.54, 1.807) is 0 Å². The number of anilines is 1. The normalized spacial score (nSPS) is 18.1. The number of aromatic amines is 1. The Morgan fingerprint density at radius 3 is 2.91 bits per heavy atom. The van der Waals surface area contributed by atoms with Gasteiger partial charge in [0.2, 0.25) is 0 Å². The smallest absolute Gasteiger partial charge is 0.254 e. The van der Waals surface area contributed by atoms with Gasteiger partial charge in [-0.05, 0) is 12.1 Å². The van der Waals surface area contributed by atoms with Crippen LogP contribution in [0, 0.1) is 0 Å². The van der Waals surface area contributed by atoms with Crippen LogP contribution >= 0.6 is 0 Å². The third kappa shape index (κ3) is 3.57. The first-order chi connectivity index (χ1) is 11.1. The molecule has 0 saturated carbocycles. The highest BCUT2D eigenvalue weighted by atomic mass is 16.5. The molecule has 122 valence electrons. The monoisotopic (exact) mass is 315 g/mol. The number of hydrogen-bond donors (Lipinski definition) is 3. The summed E-state index contributed by atoms with van der Waals surface area (Å²) in [6.45, 7) is 5.93. The SMILES string of the molecule is CC(C)c1nc(-c2ccccc2NC(=O)C2CNCCO2)n[nH]1. The number of amides is 1. The number of hydrogen-bond acceptors (Lipinski definition) is 5. The summed E-state index contributed by atoms with van der Waals surface area (Å²) >= 11 is 0. The summed E-state index contributed by atoms with van der Waals surface area (Å²) in [4.78, 5) is 16.8.